The van der Waals surface area contributed by atoms with Crippen LogP contribution in [-0.4, -0.2) is 59.0 Å². The van der Waals surface area contributed by atoms with Gasteiger partial charge in [0, 0.05) is 19.0 Å². The van der Waals surface area contributed by atoms with Crippen molar-refractivity contribution in [2.45, 2.75) is 25.4 Å². The maximum Gasteiger partial charge on any atom is 0.234 e. The Bertz CT molecular complexity index is 1080. The molecule has 4 rings (SSSR count). The molecule has 1 atom stereocenters. The number of aromatic nitrogens is 4. The molecule has 0 aliphatic carbocycles. The minimum Gasteiger partial charge on any atom is -0.493 e. The van der Waals surface area contributed by atoms with E-state index in [1.807, 2.05) is 24.3 Å². The second-order valence-electron chi connectivity index (χ2n) is 6.65. The van der Waals surface area contributed by atoms with Crippen LogP contribution in [0, 0.1) is 0 Å². The second-order valence-corrected chi connectivity index (χ2v) is 9.67. The van der Waals surface area contributed by atoms with E-state index >= 15 is 0 Å². The Balaban J connectivity index is 1.52. The van der Waals surface area contributed by atoms with Crippen molar-refractivity contribution in [1.29, 1.82) is 0 Å². The molecule has 3 aromatic rings. The smallest absolute Gasteiger partial charge is 0.234 e. The molecule has 1 aromatic carbocycles. The van der Waals surface area contributed by atoms with Crippen LogP contribution >= 0.6 is 11.3 Å². The van der Waals surface area contributed by atoms with Crippen molar-refractivity contribution in [3.8, 4) is 11.5 Å². The number of hydrogen-bond acceptors (Lipinski definition) is 8. The number of piperidine rings is 1. The summed E-state index contributed by atoms with van der Waals surface area (Å²) in [7, 11) is -1.62. The zero-order valence-corrected chi connectivity index (χ0v) is 17.2. The molecule has 1 aliphatic rings. The van der Waals surface area contributed by atoms with Gasteiger partial charge in [0.2, 0.25) is 15.0 Å². The second kappa shape index (κ2) is 7.64. The molecule has 0 unspecified atom stereocenters. The summed E-state index contributed by atoms with van der Waals surface area (Å²) in [6.07, 6.45) is 2.89. The third kappa shape index (κ3) is 3.82. The van der Waals surface area contributed by atoms with Gasteiger partial charge in [-0.05, 0) is 25.0 Å². The molecule has 0 amide bonds. The van der Waals surface area contributed by atoms with Gasteiger partial charge in [-0.15, -0.1) is 10.2 Å². The zero-order chi connectivity index (χ0) is 19.7. The van der Waals surface area contributed by atoms with Gasteiger partial charge in [-0.3, -0.25) is 0 Å². The van der Waals surface area contributed by atoms with Gasteiger partial charge < -0.3 is 9.47 Å². The maximum absolute atomic E-state index is 11.9. The van der Waals surface area contributed by atoms with Crippen molar-refractivity contribution in [2.75, 3.05) is 26.5 Å². The van der Waals surface area contributed by atoms with Crippen molar-refractivity contribution in [3.05, 3.63) is 35.1 Å². The summed E-state index contributed by atoms with van der Waals surface area (Å²) in [6.45, 7) is 1.24. The predicted molar refractivity (Wildman–Crippen MR) is 104 cm³/mol. The lowest BCUT2D eigenvalue weighted by molar-refractivity contribution is 0.282. The number of methoxy groups -OCH3 is 1. The highest BCUT2D eigenvalue weighted by Crippen LogP contribution is 2.30. The lowest BCUT2D eigenvalue weighted by atomic mass is 9.99. The molecule has 0 N–H and O–H groups in total. The molecule has 150 valence electrons. The van der Waals surface area contributed by atoms with E-state index in [9.17, 15) is 8.42 Å². The molecule has 2 aromatic heterocycles. The van der Waals surface area contributed by atoms with Crippen molar-refractivity contribution in [3.63, 3.8) is 0 Å². The summed E-state index contributed by atoms with van der Waals surface area (Å²) in [5, 5.41) is 13.8. The first kappa shape index (κ1) is 19.1. The number of fused-ring (bicyclic) bond motifs is 1. The summed E-state index contributed by atoms with van der Waals surface area (Å²) in [5.74, 6) is 1.98. The van der Waals surface area contributed by atoms with Crippen molar-refractivity contribution in [2.24, 2.45) is 0 Å². The minimum absolute atomic E-state index is 0.0245. The van der Waals surface area contributed by atoms with Crippen LogP contribution in [0.4, 0.5) is 0 Å². The van der Waals surface area contributed by atoms with Gasteiger partial charge in [-0.25, -0.2) is 12.7 Å². The SMILES string of the molecule is COc1ccccc1OCc1nn2c([C@H]3CCCN(S(C)(=O)=O)C3)nnc2s1. The molecular formula is C17H21N5O4S2. The molecule has 1 aliphatic heterocycles. The van der Waals surface area contributed by atoms with E-state index in [0.29, 0.717) is 35.4 Å². The van der Waals surface area contributed by atoms with Gasteiger partial charge >= 0.3 is 0 Å². The van der Waals surface area contributed by atoms with E-state index in [1.54, 1.807) is 11.6 Å². The molecule has 11 heteroatoms. The van der Waals surface area contributed by atoms with E-state index in [4.69, 9.17) is 9.47 Å². The van der Waals surface area contributed by atoms with Gasteiger partial charge in [-0.2, -0.15) is 9.61 Å². The van der Waals surface area contributed by atoms with E-state index in [-0.39, 0.29) is 12.5 Å². The summed E-state index contributed by atoms with van der Waals surface area (Å²) < 4.78 is 38.1. The van der Waals surface area contributed by atoms with Crippen LogP contribution in [0.1, 0.15) is 29.6 Å². The summed E-state index contributed by atoms with van der Waals surface area (Å²) in [4.78, 5) is 0.671. The Hall–Kier alpha value is -2.24. The van der Waals surface area contributed by atoms with E-state index in [0.717, 1.165) is 17.8 Å². The van der Waals surface area contributed by atoms with Crippen LogP contribution < -0.4 is 9.47 Å². The molecule has 1 saturated heterocycles. The van der Waals surface area contributed by atoms with Crippen LogP contribution in [0.5, 0.6) is 11.5 Å². The fourth-order valence-electron chi connectivity index (χ4n) is 3.32. The summed E-state index contributed by atoms with van der Waals surface area (Å²) >= 11 is 1.40. The number of para-hydroxylation sites is 2. The number of sulfonamides is 1. The van der Waals surface area contributed by atoms with E-state index in [2.05, 4.69) is 15.3 Å². The Kier molecular flexibility index (Phi) is 5.21. The Morgan fingerprint density at radius 1 is 1.25 bits per heavy atom. The fraction of sp³-hybridized carbons (Fsp3) is 0.471. The summed E-state index contributed by atoms with van der Waals surface area (Å²) in [6, 6.07) is 7.44. The lowest BCUT2D eigenvalue weighted by Crippen LogP contribution is -2.38. The van der Waals surface area contributed by atoms with Crippen LogP contribution in [0.3, 0.4) is 0 Å². The largest absolute Gasteiger partial charge is 0.493 e. The molecular weight excluding hydrogens is 402 g/mol. The Labute approximate surface area is 167 Å². The van der Waals surface area contributed by atoms with Gasteiger partial charge in [0.05, 0.1) is 13.4 Å². The van der Waals surface area contributed by atoms with Crippen molar-refractivity contribution in [1.82, 2.24) is 24.1 Å². The number of ether oxygens (including phenoxy) is 2. The minimum atomic E-state index is -3.22. The first-order valence-corrected chi connectivity index (χ1v) is 11.5. The number of rotatable bonds is 6. The molecule has 28 heavy (non-hydrogen) atoms. The molecule has 0 saturated carbocycles. The third-order valence-corrected chi connectivity index (χ3v) is 6.84. The quantitative estimate of drug-likeness (QED) is 0.597. The first-order chi connectivity index (χ1) is 13.5. The van der Waals surface area contributed by atoms with E-state index < -0.39 is 10.0 Å². The molecule has 0 bridgehead atoms. The third-order valence-electron chi connectivity index (χ3n) is 4.70. The average Bonchev–Trinajstić information content (AvgIpc) is 3.26. The highest BCUT2D eigenvalue weighted by Gasteiger charge is 2.30. The highest BCUT2D eigenvalue weighted by atomic mass is 32.2. The molecule has 0 spiro atoms. The highest BCUT2D eigenvalue weighted by molar-refractivity contribution is 7.88. The Morgan fingerprint density at radius 2 is 2.04 bits per heavy atom. The van der Waals surface area contributed by atoms with Gasteiger partial charge in [0.1, 0.15) is 6.61 Å². The van der Waals surface area contributed by atoms with Gasteiger partial charge in [-0.1, -0.05) is 23.5 Å². The van der Waals surface area contributed by atoms with E-state index in [1.165, 1.54) is 21.9 Å². The van der Waals surface area contributed by atoms with Crippen molar-refractivity contribution < 1.29 is 17.9 Å². The molecule has 1 fully saturated rings. The van der Waals surface area contributed by atoms with Crippen LogP contribution in [0.25, 0.3) is 4.96 Å². The van der Waals surface area contributed by atoms with Crippen LogP contribution in [0.2, 0.25) is 0 Å². The van der Waals surface area contributed by atoms with Crippen LogP contribution in [-0.2, 0) is 16.6 Å². The number of benzene rings is 1. The molecule has 9 nitrogen and oxygen atoms in total. The summed E-state index contributed by atoms with van der Waals surface area (Å²) in [5.41, 5.74) is 0. The first-order valence-electron chi connectivity index (χ1n) is 8.87. The van der Waals surface area contributed by atoms with Gasteiger partial charge in [0.15, 0.2) is 22.3 Å². The average molecular weight is 424 g/mol. The number of hydrogen-bond donors (Lipinski definition) is 0. The Morgan fingerprint density at radius 3 is 2.79 bits per heavy atom. The number of nitrogens with zero attached hydrogens (tertiary/aromatic N) is 5. The molecule has 3 heterocycles. The predicted octanol–water partition coefficient (Wildman–Crippen LogP) is 1.91. The molecule has 0 radical (unpaired) electrons. The standard InChI is InChI=1S/C17H21N5O4S2/c1-25-13-7-3-4-8-14(13)26-11-15-20-22-16(18-19-17(22)27-15)12-6-5-9-21(10-12)28(2,23)24/h3-4,7-8,12H,5-6,9-11H2,1-2H3/t12-/m0/s1. The zero-order valence-electron chi connectivity index (χ0n) is 15.6. The monoisotopic (exact) mass is 423 g/mol. The normalized spacial score (nSPS) is 18.4. The lowest BCUT2D eigenvalue weighted by Gasteiger charge is -2.29. The maximum atomic E-state index is 11.9. The fourth-order valence-corrected chi connectivity index (χ4v) is 4.98. The van der Waals surface area contributed by atoms with Gasteiger partial charge in [0.25, 0.3) is 0 Å². The topological polar surface area (TPSA) is 98.9 Å². The van der Waals surface area contributed by atoms with Crippen molar-refractivity contribution >= 4 is 26.3 Å². The van der Waals surface area contributed by atoms with Crippen LogP contribution in [0.15, 0.2) is 24.3 Å².